The third-order valence-electron chi connectivity index (χ3n) is 5.81. The average Bonchev–Trinajstić information content (AvgIpc) is 2.72. The lowest BCUT2D eigenvalue weighted by atomic mass is 9.93. The number of amides is 2. The molecule has 2 aliphatic heterocycles. The highest BCUT2D eigenvalue weighted by molar-refractivity contribution is 6.35. The minimum atomic E-state index is -0.729. The van der Waals surface area contributed by atoms with E-state index in [-0.39, 0.29) is 19.2 Å². The number of halogens is 2. The van der Waals surface area contributed by atoms with E-state index in [0.717, 1.165) is 19.4 Å². The first-order chi connectivity index (χ1) is 14.9. The second-order valence-electron chi connectivity index (χ2n) is 7.84. The lowest BCUT2D eigenvalue weighted by Gasteiger charge is -2.41. The van der Waals surface area contributed by atoms with Crippen molar-refractivity contribution in [3.05, 3.63) is 57.7 Å². The maximum atomic E-state index is 13.2. The van der Waals surface area contributed by atoms with Crippen molar-refractivity contribution in [3.8, 4) is 0 Å². The molecule has 1 fully saturated rings. The van der Waals surface area contributed by atoms with Crippen LogP contribution in [0.5, 0.6) is 0 Å². The number of esters is 1. The minimum absolute atomic E-state index is 0.228. The Balaban J connectivity index is 2.15. The third kappa shape index (κ3) is 5.25. The van der Waals surface area contributed by atoms with E-state index in [4.69, 9.17) is 27.9 Å². The smallest absolute Gasteiger partial charge is 0.338 e. The number of rotatable bonds is 7. The summed E-state index contributed by atoms with van der Waals surface area (Å²) in [5.74, 6) is -0.466. The van der Waals surface area contributed by atoms with Crippen LogP contribution < -0.4 is 5.32 Å². The highest BCUT2D eigenvalue weighted by Gasteiger charge is 2.39. The molecule has 1 N–H and O–H groups in total. The number of ether oxygens (including phenoxy) is 1. The van der Waals surface area contributed by atoms with Gasteiger partial charge in [0.25, 0.3) is 0 Å². The van der Waals surface area contributed by atoms with E-state index >= 15 is 0 Å². The summed E-state index contributed by atoms with van der Waals surface area (Å²) in [6.45, 7) is 9.62. The normalized spacial score (nSPS) is 22.3. The maximum absolute atomic E-state index is 13.2. The molecule has 2 heterocycles. The highest BCUT2D eigenvalue weighted by atomic mass is 35.5. The summed E-state index contributed by atoms with van der Waals surface area (Å²) in [6, 6.07) is 4.36. The second kappa shape index (κ2) is 10.5. The number of nitrogens with one attached hydrogen (secondary N) is 1. The minimum Gasteiger partial charge on any atom is -0.463 e. The number of likely N-dealkylation sites (tertiary alicyclic amines) is 1. The molecule has 168 valence electrons. The Labute approximate surface area is 193 Å². The van der Waals surface area contributed by atoms with Crippen molar-refractivity contribution in [2.45, 2.75) is 45.2 Å². The van der Waals surface area contributed by atoms with Gasteiger partial charge < -0.3 is 10.1 Å². The van der Waals surface area contributed by atoms with Crippen molar-refractivity contribution in [1.29, 1.82) is 0 Å². The molecule has 2 atom stereocenters. The van der Waals surface area contributed by atoms with Gasteiger partial charge >= 0.3 is 12.0 Å². The molecule has 1 saturated heterocycles. The van der Waals surface area contributed by atoms with Crippen LogP contribution in [-0.2, 0) is 9.53 Å². The van der Waals surface area contributed by atoms with E-state index in [1.807, 2.05) is 0 Å². The Kier molecular flexibility index (Phi) is 8.03. The monoisotopic (exact) mass is 465 g/mol. The van der Waals surface area contributed by atoms with Gasteiger partial charge in [-0.3, -0.25) is 9.80 Å². The van der Waals surface area contributed by atoms with Crippen LogP contribution in [0, 0.1) is 0 Å². The Morgan fingerprint density at radius 1 is 1.35 bits per heavy atom. The summed E-state index contributed by atoms with van der Waals surface area (Å²) in [6.07, 6.45) is 5.01. The molecule has 0 aliphatic carbocycles. The molecule has 2 aliphatic rings. The zero-order chi connectivity index (χ0) is 22.5. The van der Waals surface area contributed by atoms with Gasteiger partial charge in [0.05, 0.1) is 18.2 Å². The third-order valence-corrected chi connectivity index (χ3v) is 6.37. The molecule has 0 unspecified atom stereocenters. The van der Waals surface area contributed by atoms with Gasteiger partial charge in [0.15, 0.2) is 0 Å². The second-order valence-corrected chi connectivity index (χ2v) is 8.69. The largest absolute Gasteiger partial charge is 0.463 e. The van der Waals surface area contributed by atoms with Crippen molar-refractivity contribution in [1.82, 2.24) is 15.1 Å². The van der Waals surface area contributed by atoms with Crippen molar-refractivity contribution in [2.24, 2.45) is 0 Å². The number of nitrogens with zero attached hydrogens (tertiary/aromatic N) is 2. The molecule has 0 bridgehead atoms. The fourth-order valence-corrected chi connectivity index (χ4v) is 4.72. The lowest BCUT2D eigenvalue weighted by Crippen LogP contribution is -2.52. The zero-order valence-corrected chi connectivity index (χ0v) is 19.5. The first-order valence-electron chi connectivity index (χ1n) is 10.6. The SMILES string of the molecule is C=CCN1C(=O)N[C@H](c2ccc(Cl)cc2Cl)C(C(=O)OCC)=C1CN1CCCC[C@@H]1C. The molecule has 0 radical (unpaired) electrons. The van der Waals surface area contributed by atoms with E-state index < -0.39 is 12.0 Å². The predicted octanol–water partition coefficient (Wildman–Crippen LogP) is 4.94. The van der Waals surface area contributed by atoms with Crippen LogP contribution in [-0.4, -0.2) is 54.1 Å². The molecule has 1 aromatic rings. The highest BCUT2D eigenvalue weighted by Crippen LogP contribution is 2.36. The number of carbonyl (C=O) groups excluding carboxylic acids is 2. The Morgan fingerprint density at radius 2 is 2.13 bits per heavy atom. The van der Waals surface area contributed by atoms with E-state index in [0.29, 0.717) is 39.5 Å². The van der Waals surface area contributed by atoms with Crippen LogP contribution in [0.1, 0.15) is 44.7 Å². The quantitative estimate of drug-likeness (QED) is 0.457. The van der Waals surface area contributed by atoms with Crippen molar-refractivity contribution < 1.29 is 14.3 Å². The van der Waals surface area contributed by atoms with Gasteiger partial charge in [-0.25, -0.2) is 9.59 Å². The molecular weight excluding hydrogens is 437 g/mol. The first-order valence-corrected chi connectivity index (χ1v) is 11.4. The maximum Gasteiger partial charge on any atom is 0.338 e. The Hall–Kier alpha value is -2.02. The Morgan fingerprint density at radius 3 is 2.77 bits per heavy atom. The lowest BCUT2D eigenvalue weighted by molar-refractivity contribution is -0.139. The molecule has 8 heteroatoms. The van der Waals surface area contributed by atoms with Crippen LogP contribution in [0.4, 0.5) is 4.79 Å². The van der Waals surface area contributed by atoms with Gasteiger partial charge in [-0.2, -0.15) is 0 Å². The molecule has 2 amide bonds. The van der Waals surface area contributed by atoms with Gasteiger partial charge in [0.1, 0.15) is 0 Å². The fraction of sp³-hybridized carbons (Fsp3) is 0.478. The Bertz CT molecular complexity index is 887. The molecule has 0 spiro atoms. The van der Waals surface area contributed by atoms with Gasteiger partial charge in [0.2, 0.25) is 0 Å². The van der Waals surface area contributed by atoms with Gasteiger partial charge in [-0.1, -0.05) is 41.8 Å². The summed E-state index contributed by atoms with van der Waals surface area (Å²) in [5, 5.41) is 3.79. The number of urea groups is 1. The number of hydrogen-bond donors (Lipinski definition) is 1. The van der Waals surface area contributed by atoms with Crippen molar-refractivity contribution >= 4 is 35.2 Å². The molecular formula is C23H29Cl2N3O3. The summed E-state index contributed by atoms with van der Waals surface area (Å²) in [4.78, 5) is 30.2. The van der Waals surface area contributed by atoms with Crippen LogP contribution in [0.3, 0.4) is 0 Å². The summed E-state index contributed by atoms with van der Waals surface area (Å²) in [7, 11) is 0. The van der Waals surface area contributed by atoms with E-state index in [1.165, 1.54) is 6.42 Å². The molecule has 31 heavy (non-hydrogen) atoms. The van der Waals surface area contributed by atoms with E-state index in [9.17, 15) is 9.59 Å². The molecule has 3 rings (SSSR count). The van der Waals surface area contributed by atoms with Crippen LogP contribution in [0.2, 0.25) is 10.0 Å². The van der Waals surface area contributed by atoms with E-state index in [1.54, 1.807) is 36.1 Å². The first kappa shape index (κ1) is 23.6. The van der Waals surface area contributed by atoms with Crippen LogP contribution in [0.25, 0.3) is 0 Å². The molecule has 0 saturated carbocycles. The topological polar surface area (TPSA) is 61.9 Å². The van der Waals surface area contributed by atoms with Crippen molar-refractivity contribution in [3.63, 3.8) is 0 Å². The summed E-state index contributed by atoms with van der Waals surface area (Å²) in [5.41, 5.74) is 1.63. The number of benzene rings is 1. The standard InChI is InChI=1S/C23H29Cl2N3O3/c1-4-11-28-19(14-27-12-7-6-8-15(27)3)20(22(29)31-5-2)21(26-23(28)30)17-10-9-16(24)13-18(17)25/h4,9-10,13,15,21H,1,5-8,11-12,14H2,2-3H3,(H,26,30)/t15-,21+/m0/s1. The predicted molar refractivity (Wildman–Crippen MR) is 123 cm³/mol. The number of carbonyl (C=O) groups is 2. The van der Waals surface area contributed by atoms with Crippen LogP contribution in [0.15, 0.2) is 42.1 Å². The van der Waals surface area contributed by atoms with Crippen LogP contribution >= 0.6 is 23.2 Å². The van der Waals surface area contributed by atoms with Gasteiger partial charge in [-0.05, 0) is 50.9 Å². The van der Waals surface area contributed by atoms with Crippen molar-refractivity contribution in [2.75, 3.05) is 26.2 Å². The van der Waals surface area contributed by atoms with Gasteiger partial charge in [0, 0.05) is 34.9 Å². The van der Waals surface area contributed by atoms with E-state index in [2.05, 4.69) is 23.7 Å². The number of hydrogen-bond acceptors (Lipinski definition) is 4. The molecule has 0 aromatic heterocycles. The molecule has 6 nitrogen and oxygen atoms in total. The summed E-state index contributed by atoms with van der Waals surface area (Å²) >= 11 is 12.5. The number of piperidine rings is 1. The molecule has 1 aromatic carbocycles. The summed E-state index contributed by atoms with van der Waals surface area (Å²) < 4.78 is 5.42. The fourth-order valence-electron chi connectivity index (χ4n) is 4.20. The van der Waals surface area contributed by atoms with Gasteiger partial charge in [-0.15, -0.1) is 6.58 Å². The zero-order valence-electron chi connectivity index (χ0n) is 18.0. The average molecular weight is 466 g/mol.